The van der Waals surface area contributed by atoms with Gasteiger partial charge in [0.05, 0.1) is 0 Å². The van der Waals surface area contributed by atoms with Crippen LogP contribution in [0.3, 0.4) is 0 Å². The lowest BCUT2D eigenvalue weighted by Gasteiger charge is -2.49. The van der Waals surface area contributed by atoms with Gasteiger partial charge >= 0.3 is 0 Å². The van der Waals surface area contributed by atoms with Crippen molar-refractivity contribution in [1.82, 2.24) is 10.2 Å². The summed E-state index contributed by atoms with van der Waals surface area (Å²) in [6.45, 7) is 10.9. The minimum Gasteiger partial charge on any atom is -0.312 e. The standard InChI is InChI=1S/C19H38N2/c1-6-13-20-16-11-12-19(3,4)14-18(16)21(5)17-10-8-7-9-15(17)2/h15-18,20H,6-14H2,1-5H3. The molecule has 0 aromatic heterocycles. The summed E-state index contributed by atoms with van der Waals surface area (Å²) < 4.78 is 0. The molecule has 2 heteroatoms. The van der Waals surface area contributed by atoms with E-state index in [1.165, 1.54) is 57.9 Å². The fourth-order valence-electron chi connectivity index (χ4n) is 4.69. The Labute approximate surface area is 133 Å². The first kappa shape index (κ1) is 17.3. The molecule has 2 aliphatic rings. The molecular formula is C19H38N2. The second kappa shape index (κ2) is 7.46. The van der Waals surface area contributed by atoms with Crippen LogP contribution >= 0.6 is 0 Å². The lowest BCUT2D eigenvalue weighted by atomic mass is 9.71. The molecule has 0 aliphatic heterocycles. The SMILES string of the molecule is CCCNC1CCC(C)(C)CC1N(C)C1CCCCC1C. The van der Waals surface area contributed by atoms with Crippen molar-refractivity contribution in [3.05, 3.63) is 0 Å². The summed E-state index contributed by atoms with van der Waals surface area (Å²) in [6, 6.07) is 2.24. The molecule has 0 heterocycles. The van der Waals surface area contributed by atoms with Crippen molar-refractivity contribution in [2.45, 2.75) is 97.2 Å². The predicted molar refractivity (Wildman–Crippen MR) is 92.7 cm³/mol. The van der Waals surface area contributed by atoms with Gasteiger partial charge in [0.25, 0.3) is 0 Å². The Morgan fingerprint density at radius 3 is 2.48 bits per heavy atom. The summed E-state index contributed by atoms with van der Waals surface area (Å²) in [7, 11) is 2.42. The minimum atomic E-state index is 0.515. The van der Waals surface area contributed by atoms with Crippen molar-refractivity contribution >= 4 is 0 Å². The molecule has 1 N–H and O–H groups in total. The van der Waals surface area contributed by atoms with Crippen LogP contribution in [-0.4, -0.2) is 36.6 Å². The highest BCUT2D eigenvalue weighted by Crippen LogP contribution is 2.39. The van der Waals surface area contributed by atoms with E-state index >= 15 is 0 Å². The van der Waals surface area contributed by atoms with Crippen molar-refractivity contribution in [1.29, 1.82) is 0 Å². The quantitative estimate of drug-likeness (QED) is 0.806. The van der Waals surface area contributed by atoms with Gasteiger partial charge in [0.2, 0.25) is 0 Å². The summed E-state index contributed by atoms with van der Waals surface area (Å²) in [5.41, 5.74) is 0.515. The number of nitrogens with zero attached hydrogens (tertiary/aromatic N) is 1. The number of hydrogen-bond acceptors (Lipinski definition) is 2. The van der Waals surface area contributed by atoms with E-state index < -0.39 is 0 Å². The number of likely N-dealkylation sites (N-methyl/N-ethyl adjacent to an activating group) is 1. The van der Waals surface area contributed by atoms with Gasteiger partial charge in [0.15, 0.2) is 0 Å². The molecule has 2 saturated carbocycles. The van der Waals surface area contributed by atoms with Gasteiger partial charge < -0.3 is 5.32 Å². The van der Waals surface area contributed by atoms with Crippen molar-refractivity contribution in [2.24, 2.45) is 11.3 Å². The van der Waals surface area contributed by atoms with Gasteiger partial charge in [-0.15, -0.1) is 0 Å². The van der Waals surface area contributed by atoms with Crippen LogP contribution in [0.5, 0.6) is 0 Å². The van der Waals surface area contributed by atoms with E-state index in [0.29, 0.717) is 11.5 Å². The third kappa shape index (κ3) is 4.45. The average molecular weight is 295 g/mol. The van der Waals surface area contributed by atoms with Crippen LogP contribution < -0.4 is 5.32 Å². The van der Waals surface area contributed by atoms with Crippen molar-refractivity contribution in [3.63, 3.8) is 0 Å². The fraction of sp³-hybridized carbons (Fsp3) is 1.00. The van der Waals surface area contributed by atoms with Crippen molar-refractivity contribution in [3.8, 4) is 0 Å². The van der Waals surface area contributed by atoms with Gasteiger partial charge in [-0.25, -0.2) is 0 Å². The highest BCUT2D eigenvalue weighted by atomic mass is 15.2. The average Bonchev–Trinajstić information content (AvgIpc) is 2.45. The molecule has 4 unspecified atom stereocenters. The highest BCUT2D eigenvalue weighted by molar-refractivity contribution is 4.96. The molecule has 0 spiro atoms. The summed E-state index contributed by atoms with van der Waals surface area (Å²) in [4.78, 5) is 2.78. The molecule has 21 heavy (non-hydrogen) atoms. The maximum atomic E-state index is 3.85. The first-order chi connectivity index (χ1) is 9.94. The molecule has 2 fully saturated rings. The van der Waals surface area contributed by atoms with Crippen LogP contribution in [0.4, 0.5) is 0 Å². The molecule has 0 aromatic rings. The van der Waals surface area contributed by atoms with E-state index in [4.69, 9.17) is 0 Å². The second-order valence-electron chi connectivity index (χ2n) is 8.53. The zero-order chi connectivity index (χ0) is 15.5. The Balaban J connectivity index is 2.06. The van der Waals surface area contributed by atoms with E-state index in [1.807, 2.05) is 0 Å². The topological polar surface area (TPSA) is 15.3 Å². The van der Waals surface area contributed by atoms with Crippen LogP contribution in [-0.2, 0) is 0 Å². The molecule has 2 aliphatic carbocycles. The first-order valence-electron chi connectivity index (χ1n) is 9.40. The third-order valence-electron chi connectivity index (χ3n) is 6.13. The van der Waals surface area contributed by atoms with E-state index in [0.717, 1.165) is 18.0 Å². The van der Waals surface area contributed by atoms with Crippen molar-refractivity contribution in [2.75, 3.05) is 13.6 Å². The van der Waals surface area contributed by atoms with Crippen LogP contribution in [0.25, 0.3) is 0 Å². The van der Waals surface area contributed by atoms with Gasteiger partial charge in [0.1, 0.15) is 0 Å². The summed E-state index contributed by atoms with van der Waals surface area (Å²) in [6.07, 6.45) is 11.0. The van der Waals surface area contributed by atoms with Crippen LogP contribution in [0.2, 0.25) is 0 Å². The Kier molecular flexibility index (Phi) is 6.14. The van der Waals surface area contributed by atoms with E-state index in [9.17, 15) is 0 Å². The minimum absolute atomic E-state index is 0.515. The first-order valence-corrected chi connectivity index (χ1v) is 9.40. The Hall–Kier alpha value is -0.0800. The fourth-order valence-corrected chi connectivity index (χ4v) is 4.69. The van der Waals surface area contributed by atoms with Gasteiger partial charge in [-0.2, -0.15) is 0 Å². The van der Waals surface area contributed by atoms with E-state index in [2.05, 4.69) is 45.0 Å². The molecule has 2 nitrogen and oxygen atoms in total. The Bertz CT molecular complexity index is 313. The summed E-state index contributed by atoms with van der Waals surface area (Å²) in [5, 5.41) is 3.85. The van der Waals surface area contributed by atoms with Gasteiger partial charge in [0, 0.05) is 18.1 Å². The Morgan fingerprint density at radius 1 is 1.10 bits per heavy atom. The van der Waals surface area contributed by atoms with E-state index in [1.54, 1.807) is 0 Å². The zero-order valence-corrected chi connectivity index (χ0v) is 15.1. The number of hydrogen-bond donors (Lipinski definition) is 1. The van der Waals surface area contributed by atoms with Gasteiger partial charge in [-0.3, -0.25) is 4.90 Å². The predicted octanol–water partition coefficient (Wildman–Crippen LogP) is 4.44. The van der Waals surface area contributed by atoms with Gasteiger partial charge in [-0.1, -0.05) is 40.5 Å². The molecule has 0 aromatic carbocycles. The van der Waals surface area contributed by atoms with E-state index in [-0.39, 0.29) is 0 Å². The molecule has 0 radical (unpaired) electrons. The smallest absolute Gasteiger partial charge is 0.0254 e. The zero-order valence-electron chi connectivity index (χ0n) is 15.1. The third-order valence-corrected chi connectivity index (χ3v) is 6.13. The largest absolute Gasteiger partial charge is 0.312 e. The maximum absolute atomic E-state index is 3.85. The monoisotopic (exact) mass is 294 g/mol. The Morgan fingerprint density at radius 2 is 1.81 bits per heavy atom. The van der Waals surface area contributed by atoms with Crippen molar-refractivity contribution < 1.29 is 0 Å². The summed E-state index contributed by atoms with van der Waals surface area (Å²) >= 11 is 0. The number of nitrogens with one attached hydrogen (secondary N) is 1. The van der Waals surface area contributed by atoms with Crippen LogP contribution in [0.15, 0.2) is 0 Å². The van der Waals surface area contributed by atoms with Crippen LogP contribution in [0, 0.1) is 11.3 Å². The molecule has 0 bridgehead atoms. The van der Waals surface area contributed by atoms with Gasteiger partial charge in [-0.05, 0) is 63.5 Å². The highest BCUT2D eigenvalue weighted by Gasteiger charge is 2.39. The molecule has 0 saturated heterocycles. The molecule has 124 valence electrons. The number of rotatable bonds is 5. The molecule has 2 rings (SSSR count). The maximum Gasteiger partial charge on any atom is 0.0254 e. The lowest BCUT2D eigenvalue weighted by Crippen LogP contribution is -2.57. The molecule has 0 amide bonds. The second-order valence-corrected chi connectivity index (χ2v) is 8.53. The molecular weight excluding hydrogens is 256 g/mol. The molecule has 4 atom stereocenters. The van der Waals surface area contributed by atoms with Crippen LogP contribution in [0.1, 0.15) is 79.1 Å². The normalized spacial score (nSPS) is 36.9. The summed E-state index contributed by atoms with van der Waals surface area (Å²) in [5.74, 6) is 0.876. The lowest BCUT2D eigenvalue weighted by molar-refractivity contribution is 0.0250.